The normalized spacial score (nSPS) is 10.1. The van der Waals surface area contributed by atoms with Crippen molar-refractivity contribution in [1.82, 2.24) is 0 Å². The first-order chi connectivity index (χ1) is 6.24. The van der Waals surface area contributed by atoms with Crippen LogP contribution in [0.15, 0.2) is 21.9 Å². The van der Waals surface area contributed by atoms with Gasteiger partial charge in [-0.3, -0.25) is 4.79 Å². The van der Waals surface area contributed by atoms with Crippen molar-refractivity contribution in [1.29, 1.82) is 0 Å². The predicted octanol–water partition coefficient (Wildman–Crippen LogP) is 3.08. The molecule has 0 aromatic heterocycles. The number of rotatable bonds is 3. The maximum absolute atomic E-state index is 13.5. The maximum Gasteiger partial charge on any atom is 0.151 e. The smallest absolute Gasteiger partial charge is 0.151 e. The second kappa shape index (κ2) is 4.67. The van der Waals surface area contributed by atoms with Gasteiger partial charge in [-0.25, -0.2) is 4.39 Å². The van der Waals surface area contributed by atoms with E-state index in [1.54, 1.807) is 18.4 Å². The van der Waals surface area contributed by atoms with Crippen LogP contribution in [0.5, 0.6) is 0 Å². The Kier molecular flexibility index (Phi) is 3.81. The summed E-state index contributed by atoms with van der Waals surface area (Å²) in [6, 6.07) is 3.28. The summed E-state index contributed by atoms with van der Waals surface area (Å²) in [5.74, 6) is -0.287. The fourth-order valence-corrected chi connectivity index (χ4v) is 2.20. The highest BCUT2D eigenvalue weighted by Crippen LogP contribution is 2.29. The minimum atomic E-state index is -0.287. The van der Waals surface area contributed by atoms with Crippen LogP contribution in [0.25, 0.3) is 0 Å². The molecule has 0 aliphatic heterocycles. The summed E-state index contributed by atoms with van der Waals surface area (Å²) in [4.78, 5) is 11.6. The Labute approximate surface area is 85.1 Å². The van der Waals surface area contributed by atoms with E-state index in [0.29, 0.717) is 21.6 Å². The maximum atomic E-state index is 13.5. The lowest BCUT2D eigenvalue weighted by Gasteiger charge is -2.06. The summed E-state index contributed by atoms with van der Waals surface area (Å²) >= 11 is 2.60. The predicted molar refractivity (Wildman–Crippen MR) is 55.3 cm³/mol. The zero-order chi connectivity index (χ0) is 9.84. The van der Waals surface area contributed by atoms with E-state index in [4.69, 9.17) is 0 Å². The Morgan fingerprint density at radius 3 is 2.46 bits per heavy atom. The minimum absolute atomic E-state index is 0.287. The van der Waals surface area contributed by atoms with Crippen molar-refractivity contribution in [2.24, 2.45) is 0 Å². The van der Waals surface area contributed by atoms with E-state index in [0.717, 1.165) is 0 Å². The number of thioether (sulfide) groups is 2. The zero-order valence-electron chi connectivity index (χ0n) is 7.33. The molecule has 1 aromatic rings. The van der Waals surface area contributed by atoms with Crippen molar-refractivity contribution < 1.29 is 9.18 Å². The average molecular weight is 216 g/mol. The number of halogens is 1. The van der Waals surface area contributed by atoms with Crippen LogP contribution in [0, 0.1) is 5.82 Å². The van der Waals surface area contributed by atoms with E-state index in [1.165, 1.54) is 23.5 Å². The number of carbonyl (C=O) groups excluding carboxylic acids is 1. The van der Waals surface area contributed by atoms with E-state index in [9.17, 15) is 9.18 Å². The first-order valence-corrected chi connectivity index (χ1v) is 6.05. The van der Waals surface area contributed by atoms with E-state index in [-0.39, 0.29) is 5.82 Å². The molecule has 0 fully saturated rings. The minimum Gasteiger partial charge on any atom is -0.298 e. The summed E-state index contributed by atoms with van der Waals surface area (Å²) in [6.45, 7) is 0. The third-order valence-electron chi connectivity index (χ3n) is 1.64. The number of benzene rings is 1. The molecule has 0 atom stereocenters. The second-order valence-electron chi connectivity index (χ2n) is 2.32. The molecule has 0 saturated carbocycles. The molecule has 13 heavy (non-hydrogen) atoms. The Hall–Kier alpha value is -0.480. The van der Waals surface area contributed by atoms with Crippen LogP contribution in [0.1, 0.15) is 10.4 Å². The van der Waals surface area contributed by atoms with Gasteiger partial charge in [0.05, 0.1) is 4.90 Å². The Balaban J connectivity index is 3.31. The summed E-state index contributed by atoms with van der Waals surface area (Å²) in [5, 5.41) is 0. The standard InChI is InChI=1S/C9H9FOS2/c1-12-7-4-3-6(5-11)9(13-2)8(7)10/h3-5H,1-2H3. The monoisotopic (exact) mass is 216 g/mol. The average Bonchev–Trinajstić information content (AvgIpc) is 2.17. The molecule has 0 radical (unpaired) electrons. The van der Waals surface area contributed by atoms with E-state index >= 15 is 0 Å². The first kappa shape index (κ1) is 10.6. The van der Waals surface area contributed by atoms with Gasteiger partial charge in [0.2, 0.25) is 0 Å². The summed E-state index contributed by atoms with van der Waals surface area (Å²) < 4.78 is 13.5. The highest BCUT2D eigenvalue weighted by atomic mass is 32.2. The van der Waals surface area contributed by atoms with Crippen LogP contribution >= 0.6 is 23.5 Å². The van der Waals surface area contributed by atoms with Crippen molar-refractivity contribution in [3.8, 4) is 0 Å². The lowest BCUT2D eigenvalue weighted by atomic mass is 10.2. The molecule has 1 aromatic carbocycles. The van der Waals surface area contributed by atoms with Gasteiger partial charge in [0.1, 0.15) is 0 Å². The molecule has 0 saturated heterocycles. The van der Waals surface area contributed by atoms with Crippen molar-refractivity contribution in [2.45, 2.75) is 9.79 Å². The number of aldehydes is 1. The Bertz CT molecular complexity index is 326. The molecular formula is C9H9FOS2. The Morgan fingerprint density at radius 2 is 2.00 bits per heavy atom. The quantitative estimate of drug-likeness (QED) is 0.571. The van der Waals surface area contributed by atoms with Gasteiger partial charge in [0, 0.05) is 10.5 Å². The van der Waals surface area contributed by atoms with E-state index in [2.05, 4.69) is 0 Å². The van der Waals surface area contributed by atoms with Gasteiger partial charge in [-0.2, -0.15) is 0 Å². The van der Waals surface area contributed by atoms with Crippen LogP contribution in [0.2, 0.25) is 0 Å². The molecular weight excluding hydrogens is 207 g/mol. The van der Waals surface area contributed by atoms with E-state index in [1.807, 2.05) is 6.26 Å². The SMILES string of the molecule is CSc1ccc(C=O)c(SC)c1F. The lowest BCUT2D eigenvalue weighted by Crippen LogP contribution is -1.91. The molecule has 0 N–H and O–H groups in total. The van der Waals surface area contributed by atoms with Gasteiger partial charge in [0.15, 0.2) is 12.1 Å². The fourth-order valence-electron chi connectivity index (χ4n) is 1.01. The highest BCUT2D eigenvalue weighted by Gasteiger charge is 2.11. The number of hydrogen-bond donors (Lipinski definition) is 0. The molecule has 0 aliphatic carbocycles. The molecule has 0 aliphatic rings. The highest BCUT2D eigenvalue weighted by molar-refractivity contribution is 7.99. The third kappa shape index (κ3) is 2.06. The van der Waals surface area contributed by atoms with Crippen molar-refractivity contribution >= 4 is 29.8 Å². The molecule has 0 unspecified atom stereocenters. The van der Waals surface area contributed by atoms with Crippen LogP contribution in [0.3, 0.4) is 0 Å². The van der Waals surface area contributed by atoms with Gasteiger partial charge < -0.3 is 0 Å². The van der Waals surface area contributed by atoms with Crippen LogP contribution < -0.4 is 0 Å². The number of hydrogen-bond acceptors (Lipinski definition) is 3. The summed E-state index contributed by atoms with van der Waals surface area (Å²) in [5.41, 5.74) is 0.419. The summed E-state index contributed by atoms with van der Waals surface area (Å²) in [6.07, 6.45) is 4.25. The van der Waals surface area contributed by atoms with Crippen molar-refractivity contribution in [3.05, 3.63) is 23.5 Å². The van der Waals surface area contributed by atoms with E-state index < -0.39 is 0 Å². The van der Waals surface area contributed by atoms with Crippen LogP contribution in [-0.2, 0) is 0 Å². The van der Waals surface area contributed by atoms with Gasteiger partial charge >= 0.3 is 0 Å². The summed E-state index contributed by atoms with van der Waals surface area (Å²) in [7, 11) is 0. The molecule has 1 rings (SSSR count). The fraction of sp³-hybridized carbons (Fsp3) is 0.222. The topological polar surface area (TPSA) is 17.1 Å². The van der Waals surface area contributed by atoms with Gasteiger partial charge in [-0.15, -0.1) is 23.5 Å². The zero-order valence-corrected chi connectivity index (χ0v) is 8.97. The van der Waals surface area contributed by atoms with Gasteiger partial charge in [0.25, 0.3) is 0 Å². The molecule has 70 valence electrons. The van der Waals surface area contributed by atoms with Crippen LogP contribution in [-0.4, -0.2) is 18.8 Å². The van der Waals surface area contributed by atoms with Crippen molar-refractivity contribution in [3.63, 3.8) is 0 Å². The van der Waals surface area contributed by atoms with Crippen molar-refractivity contribution in [2.75, 3.05) is 12.5 Å². The molecule has 1 nitrogen and oxygen atoms in total. The largest absolute Gasteiger partial charge is 0.298 e. The lowest BCUT2D eigenvalue weighted by molar-refractivity contribution is 0.112. The van der Waals surface area contributed by atoms with Gasteiger partial charge in [-0.1, -0.05) is 0 Å². The molecule has 0 spiro atoms. The molecule has 0 amide bonds. The molecule has 0 bridgehead atoms. The molecule has 0 heterocycles. The second-order valence-corrected chi connectivity index (χ2v) is 3.99. The van der Waals surface area contributed by atoms with Crippen LogP contribution in [0.4, 0.5) is 4.39 Å². The first-order valence-electron chi connectivity index (χ1n) is 3.60. The molecule has 4 heteroatoms. The number of carbonyl (C=O) groups is 1. The Morgan fingerprint density at radius 1 is 1.31 bits per heavy atom. The van der Waals surface area contributed by atoms with Gasteiger partial charge in [-0.05, 0) is 24.6 Å². The third-order valence-corrected chi connectivity index (χ3v) is 3.22.